The van der Waals surface area contributed by atoms with E-state index in [2.05, 4.69) is 4.98 Å². The smallest absolute Gasteiger partial charge is 0.330 e. The van der Waals surface area contributed by atoms with Crippen molar-refractivity contribution in [3.63, 3.8) is 0 Å². The maximum absolute atomic E-state index is 12.9. The Kier molecular flexibility index (Phi) is 3.91. The summed E-state index contributed by atoms with van der Waals surface area (Å²) in [5.41, 5.74) is 8.71. The molecular formula is C17H17F3N2. The van der Waals surface area contributed by atoms with E-state index in [9.17, 15) is 13.2 Å². The van der Waals surface area contributed by atoms with Gasteiger partial charge in [0.05, 0.1) is 0 Å². The lowest BCUT2D eigenvalue weighted by Gasteiger charge is -2.26. The Balaban J connectivity index is 2.10. The van der Waals surface area contributed by atoms with Crippen molar-refractivity contribution < 1.29 is 13.2 Å². The predicted octanol–water partition coefficient (Wildman–Crippen LogP) is 4.15. The van der Waals surface area contributed by atoms with Crippen molar-refractivity contribution in [3.8, 4) is 11.1 Å². The molecule has 1 heterocycles. The van der Waals surface area contributed by atoms with Crippen molar-refractivity contribution in [3.05, 3.63) is 53.3 Å². The van der Waals surface area contributed by atoms with Gasteiger partial charge in [-0.3, -0.25) is 4.98 Å². The van der Waals surface area contributed by atoms with Crippen LogP contribution in [0.1, 0.15) is 35.6 Å². The van der Waals surface area contributed by atoms with Crippen LogP contribution in [0.4, 0.5) is 13.2 Å². The lowest BCUT2D eigenvalue weighted by molar-refractivity contribution is -0.141. The number of pyridine rings is 1. The van der Waals surface area contributed by atoms with E-state index in [1.54, 1.807) is 6.07 Å². The van der Waals surface area contributed by atoms with Crippen LogP contribution in [0.15, 0.2) is 36.5 Å². The van der Waals surface area contributed by atoms with Gasteiger partial charge in [0.25, 0.3) is 0 Å². The van der Waals surface area contributed by atoms with Crippen LogP contribution >= 0.6 is 0 Å². The zero-order chi connectivity index (χ0) is 15.7. The Morgan fingerprint density at radius 1 is 1.23 bits per heavy atom. The number of benzene rings is 1. The average molecular weight is 306 g/mol. The first kappa shape index (κ1) is 15.0. The topological polar surface area (TPSA) is 38.9 Å². The minimum absolute atomic E-state index is 0.299. The van der Waals surface area contributed by atoms with Crippen LogP contribution in [-0.2, 0) is 12.6 Å². The van der Waals surface area contributed by atoms with Crippen molar-refractivity contribution in [2.75, 3.05) is 6.54 Å². The van der Waals surface area contributed by atoms with Gasteiger partial charge in [-0.2, -0.15) is 13.2 Å². The lowest BCUT2D eigenvalue weighted by Crippen LogP contribution is -2.18. The van der Waals surface area contributed by atoms with Gasteiger partial charge < -0.3 is 5.73 Å². The first-order chi connectivity index (χ1) is 10.5. The maximum atomic E-state index is 12.9. The highest BCUT2D eigenvalue weighted by Gasteiger charge is 2.32. The molecule has 0 spiro atoms. The summed E-state index contributed by atoms with van der Waals surface area (Å²) in [5.74, 6) is 0.299. The van der Waals surface area contributed by atoms with Gasteiger partial charge in [-0.15, -0.1) is 0 Å². The maximum Gasteiger partial charge on any atom is 0.433 e. The molecule has 2 nitrogen and oxygen atoms in total. The molecule has 0 amide bonds. The number of alkyl halides is 3. The van der Waals surface area contributed by atoms with Crippen molar-refractivity contribution in [1.82, 2.24) is 4.98 Å². The minimum Gasteiger partial charge on any atom is -0.330 e. The number of rotatable bonds is 2. The molecule has 1 aliphatic rings. The molecule has 1 aromatic carbocycles. The van der Waals surface area contributed by atoms with Gasteiger partial charge >= 0.3 is 6.18 Å². The second-order valence-electron chi connectivity index (χ2n) is 5.63. The van der Waals surface area contributed by atoms with Crippen LogP contribution in [0.2, 0.25) is 0 Å². The molecule has 0 saturated carbocycles. The van der Waals surface area contributed by atoms with E-state index < -0.39 is 11.9 Å². The molecule has 2 N–H and O–H groups in total. The second kappa shape index (κ2) is 5.72. The summed E-state index contributed by atoms with van der Waals surface area (Å²) in [7, 11) is 0. The van der Waals surface area contributed by atoms with Crippen LogP contribution in [0, 0.1) is 0 Å². The Morgan fingerprint density at radius 3 is 2.77 bits per heavy atom. The number of hydrogen-bond acceptors (Lipinski definition) is 2. The molecule has 1 aliphatic carbocycles. The summed E-state index contributed by atoms with van der Waals surface area (Å²) in [6, 6.07) is 8.59. The van der Waals surface area contributed by atoms with Crippen molar-refractivity contribution >= 4 is 0 Å². The van der Waals surface area contributed by atoms with Gasteiger partial charge in [0, 0.05) is 6.20 Å². The van der Waals surface area contributed by atoms with Crippen LogP contribution in [0.25, 0.3) is 11.1 Å². The Bertz CT molecular complexity index is 680. The summed E-state index contributed by atoms with van der Waals surface area (Å²) in [6.07, 6.45) is -0.267. The van der Waals surface area contributed by atoms with Crippen LogP contribution < -0.4 is 5.73 Å². The van der Waals surface area contributed by atoms with E-state index in [1.165, 1.54) is 11.8 Å². The highest BCUT2D eigenvalue weighted by molar-refractivity contribution is 5.69. The molecule has 22 heavy (non-hydrogen) atoms. The quantitative estimate of drug-likeness (QED) is 0.905. The van der Waals surface area contributed by atoms with E-state index in [4.69, 9.17) is 5.73 Å². The fourth-order valence-corrected chi connectivity index (χ4v) is 3.22. The summed E-state index contributed by atoms with van der Waals surface area (Å²) in [6.45, 7) is 0.570. The number of nitrogens with two attached hydrogens (primary N) is 1. The zero-order valence-corrected chi connectivity index (χ0v) is 12.0. The molecule has 0 unspecified atom stereocenters. The van der Waals surface area contributed by atoms with E-state index in [-0.39, 0.29) is 0 Å². The molecule has 0 bridgehead atoms. The molecule has 0 radical (unpaired) electrons. The molecule has 0 aliphatic heterocycles. The summed E-state index contributed by atoms with van der Waals surface area (Å²) in [4.78, 5) is 3.43. The Morgan fingerprint density at radius 2 is 2.05 bits per heavy atom. The van der Waals surface area contributed by atoms with E-state index in [1.807, 2.05) is 18.2 Å². The highest BCUT2D eigenvalue weighted by Crippen LogP contribution is 2.38. The molecule has 3 rings (SSSR count). The molecule has 0 fully saturated rings. The van der Waals surface area contributed by atoms with Gasteiger partial charge in [-0.1, -0.05) is 18.2 Å². The van der Waals surface area contributed by atoms with E-state index in [0.29, 0.717) is 18.0 Å². The number of halogens is 3. The standard InChI is InChI=1S/C17H17F3N2/c18-17(19,20)16-9-11(7-8-22-16)13-4-2-5-14-12(10-21)3-1-6-15(13)14/h2,4-5,7-9,12H,1,3,6,10,21H2/t12-/m1/s1. The van der Waals surface area contributed by atoms with E-state index >= 15 is 0 Å². The molecule has 1 atom stereocenters. The lowest BCUT2D eigenvalue weighted by atomic mass is 9.79. The summed E-state index contributed by atoms with van der Waals surface area (Å²) >= 11 is 0. The van der Waals surface area contributed by atoms with Crippen LogP contribution in [0.5, 0.6) is 0 Å². The van der Waals surface area contributed by atoms with Gasteiger partial charge in [-0.25, -0.2) is 0 Å². The molecule has 5 heteroatoms. The number of aromatic nitrogens is 1. The SMILES string of the molecule is NC[C@H]1CCCc2c(-c3ccnc(C(F)(F)F)c3)cccc21. The third-order valence-corrected chi connectivity index (χ3v) is 4.28. The van der Waals surface area contributed by atoms with Crippen molar-refractivity contribution in [2.45, 2.75) is 31.4 Å². The van der Waals surface area contributed by atoms with Gasteiger partial charge in [-0.05, 0) is 66.1 Å². The van der Waals surface area contributed by atoms with Gasteiger partial charge in [0.2, 0.25) is 0 Å². The monoisotopic (exact) mass is 306 g/mol. The Labute approximate surface area is 127 Å². The fraction of sp³-hybridized carbons (Fsp3) is 0.353. The molecular weight excluding hydrogens is 289 g/mol. The third-order valence-electron chi connectivity index (χ3n) is 4.28. The fourth-order valence-electron chi connectivity index (χ4n) is 3.22. The van der Waals surface area contributed by atoms with Crippen molar-refractivity contribution in [2.24, 2.45) is 5.73 Å². The Hall–Kier alpha value is -1.88. The molecule has 116 valence electrons. The number of fused-ring (bicyclic) bond motifs is 1. The largest absolute Gasteiger partial charge is 0.433 e. The number of hydrogen-bond donors (Lipinski definition) is 1. The molecule has 0 saturated heterocycles. The second-order valence-corrected chi connectivity index (χ2v) is 5.63. The van der Waals surface area contributed by atoms with Crippen LogP contribution in [0.3, 0.4) is 0 Å². The minimum atomic E-state index is -4.43. The molecule has 2 aromatic rings. The normalized spacial score (nSPS) is 18.1. The predicted molar refractivity (Wildman–Crippen MR) is 79.4 cm³/mol. The van der Waals surface area contributed by atoms with Crippen molar-refractivity contribution in [1.29, 1.82) is 0 Å². The first-order valence-electron chi connectivity index (χ1n) is 7.36. The highest BCUT2D eigenvalue weighted by atomic mass is 19.4. The van der Waals surface area contributed by atoms with Gasteiger partial charge in [0.1, 0.15) is 5.69 Å². The van der Waals surface area contributed by atoms with Gasteiger partial charge in [0.15, 0.2) is 0 Å². The molecule has 1 aromatic heterocycles. The first-order valence-corrected chi connectivity index (χ1v) is 7.36. The summed E-state index contributed by atoms with van der Waals surface area (Å²) < 4.78 is 38.6. The van der Waals surface area contributed by atoms with Crippen LogP contribution in [-0.4, -0.2) is 11.5 Å². The zero-order valence-electron chi connectivity index (χ0n) is 12.0. The third kappa shape index (κ3) is 2.73. The summed E-state index contributed by atoms with van der Waals surface area (Å²) in [5, 5.41) is 0. The number of nitrogens with zero attached hydrogens (tertiary/aromatic N) is 1. The average Bonchev–Trinajstić information content (AvgIpc) is 2.53. The van der Waals surface area contributed by atoms with E-state index in [0.717, 1.165) is 36.5 Å².